The summed E-state index contributed by atoms with van der Waals surface area (Å²) in [4.78, 5) is 16.8. The first-order valence-electron chi connectivity index (χ1n) is 8.22. The van der Waals surface area contributed by atoms with Gasteiger partial charge in [0.25, 0.3) is 0 Å². The van der Waals surface area contributed by atoms with Gasteiger partial charge in [-0.2, -0.15) is 11.8 Å². The molecule has 0 spiro atoms. The lowest BCUT2D eigenvalue weighted by Gasteiger charge is -2.10. The summed E-state index contributed by atoms with van der Waals surface area (Å²) in [5.74, 6) is 5.65. The number of aromatic nitrogens is 1. The van der Waals surface area contributed by atoms with Gasteiger partial charge in [0, 0.05) is 23.6 Å². The first-order chi connectivity index (χ1) is 10.8. The van der Waals surface area contributed by atoms with Crippen molar-refractivity contribution in [1.82, 2.24) is 4.98 Å². The summed E-state index contributed by atoms with van der Waals surface area (Å²) >= 11 is 1.68. The Bertz CT molecular complexity index is 564. The van der Waals surface area contributed by atoms with Crippen molar-refractivity contribution in [3.05, 3.63) is 23.9 Å². The lowest BCUT2D eigenvalue weighted by molar-refractivity contribution is -0.118. The summed E-state index contributed by atoms with van der Waals surface area (Å²) in [5.41, 5.74) is 1.14. The number of hydrogen-bond acceptors (Lipinski definition) is 4. The van der Waals surface area contributed by atoms with Gasteiger partial charge in [-0.15, -0.1) is 0 Å². The molecule has 3 fully saturated rings. The highest BCUT2D eigenvalue weighted by Gasteiger charge is 2.67. The van der Waals surface area contributed by atoms with Crippen LogP contribution >= 0.6 is 11.8 Å². The van der Waals surface area contributed by atoms with Gasteiger partial charge in [-0.3, -0.25) is 4.79 Å². The Hall–Kier alpha value is -1.07. The highest BCUT2D eigenvalue weighted by atomic mass is 32.2. The van der Waals surface area contributed by atoms with Crippen LogP contribution in [0.25, 0.3) is 0 Å². The third-order valence-electron chi connectivity index (χ3n) is 5.62. The number of pyridine rings is 1. The summed E-state index contributed by atoms with van der Waals surface area (Å²) in [5, 5.41) is 11.8. The number of nitrogens with zero attached hydrogens (tertiary/aromatic N) is 1. The molecular weight excluding hydrogens is 296 g/mol. The van der Waals surface area contributed by atoms with E-state index in [4.69, 9.17) is 5.11 Å². The number of aliphatic hydroxyl groups is 1. The number of carbonyl (C=O) groups excluding carboxylic acids is 1. The maximum Gasteiger partial charge on any atom is 0.229 e. The average molecular weight is 318 g/mol. The van der Waals surface area contributed by atoms with E-state index in [1.54, 1.807) is 18.0 Å². The molecule has 4 unspecified atom stereocenters. The average Bonchev–Trinajstić information content (AvgIpc) is 2.97. The fourth-order valence-corrected chi connectivity index (χ4v) is 5.46. The van der Waals surface area contributed by atoms with Crippen molar-refractivity contribution >= 4 is 23.5 Å². The number of nitrogens with one attached hydrogen (secondary N) is 1. The Kier molecular flexibility index (Phi) is 3.86. The molecule has 0 radical (unpaired) electrons. The number of aliphatic hydroxyl groups excluding tert-OH is 1. The fraction of sp³-hybridized carbons (Fsp3) is 0.647. The van der Waals surface area contributed by atoms with Gasteiger partial charge in [-0.1, -0.05) is 0 Å². The van der Waals surface area contributed by atoms with Gasteiger partial charge in [-0.25, -0.2) is 4.98 Å². The Morgan fingerprint density at radius 1 is 1.36 bits per heavy atom. The third kappa shape index (κ3) is 2.54. The van der Waals surface area contributed by atoms with Crippen LogP contribution in [0.2, 0.25) is 0 Å². The molecule has 4 rings (SSSR count). The van der Waals surface area contributed by atoms with Crippen molar-refractivity contribution in [2.24, 2.45) is 29.6 Å². The minimum absolute atomic E-state index is 0.180. The van der Waals surface area contributed by atoms with E-state index in [2.05, 4.69) is 10.3 Å². The van der Waals surface area contributed by atoms with Gasteiger partial charge < -0.3 is 10.4 Å². The molecule has 4 atom stereocenters. The molecule has 1 amide bonds. The van der Waals surface area contributed by atoms with Crippen LogP contribution in [-0.2, 0) is 10.5 Å². The summed E-state index contributed by atoms with van der Waals surface area (Å²) in [6.45, 7) is 0.201. The minimum atomic E-state index is 0.180. The van der Waals surface area contributed by atoms with Crippen LogP contribution in [0.3, 0.4) is 0 Å². The number of fused-ring (bicyclic) bond motifs is 5. The maximum atomic E-state index is 12.5. The first kappa shape index (κ1) is 14.5. The smallest absolute Gasteiger partial charge is 0.229 e. The normalized spacial score (nSPS) is 34.5. The van der Waals surface area contributed by atoms with Gasteiger partial charge in [0.2, 0.25) is 5.91 Å². The molecule has 3 aliphatic rings. The number of anilines is 1. The quantitative estimate of drug-likeness (QED) is 0.791. The van der Waals surface area contributed by atoms with Crippen molar-refractivity contribution < 1.29 is 9.90 Å². The van der Waals surface area contributed by atoms with E-state index in [9.17, 15) is 4.79 Å². The third-order valence-corrected chi connectivity index (χ3v) is 6.63. The van der Waals surface area contributed by atoms with Crippen molar-refractivity contribution in [2.75, 3.05) is 17.7 Å². The van der Waals surface area contributed by atoms with E-state index < -0.39 is 0 Å². The molecule has 22 heavy (non-hydrogen) atoms. The first-order valence-corrected chi connectivity index (χ1v) is 9.38. The number of rotatable bonds is 6. The molecule has 1 heterocycles. The standard InChI is InChI=1S/C17H22N2O2S/c20-5-6-22-9-10-3-4-18-13(7-10)19-17(21)16-14-11-1-2-12(8-11)15(14)16/h3-4,7,11-12,14-16,20H,1-2,5-6,8-9H2,(H,18,19,21). The van der Waals surface area contributed by atoms with Crippen molar-refractivity contribution in [1.29, 1.82) is 0 Å². The predicted molar refractivity (Wildman–Crippen MR) is 87.4 cm³/mol. The number of hydrogen-bond donors (Lipinski definition) is 2. The van der Waals surface area contributed by atoms with E-state index in [0.717, 1.165) is 28.9 Å². The lowest BCUT2D eigenvalue weighted by atomic mass is 10.0. The molecule has 3 saturated carbocycles. The van der Waals surface area contributed by atoms with E-state index in [0.29, 0.717) is 17.7 Å². The molecule has 5 heteroatoms. The van der Waals surface area contributed by atoms with Crippen LogP contribution in [0.5, 0.6) is 0 Å². The zero-order chi connectivity index (χ0) is 15.1. The molecule has 118 valence electrons. The van der Waals surface area contributed by atoms with E-state index in [1.807, 2.05) is 12.1 Å². The SMILES string of the molecule is O=C(Nc1cc(CSCCO)ccn1)C1C2C3CCC(C3)C12. The van der Waals surface area contributed by atoms with Gasteiger partial charge in [0.1, 0.15) is 5.82 Å². The van der Waals surface area contributed by atoms with E-state index in [-0.39, 0.29) is 18.4 Å². The summed E-state index contributed by atoms with van der Waals surface area (Å²) in [6.07, 6.45) is 5.80. The molecule has 0 aromatic carbocycles. The summed E-state index contributed by atoms with van der Waals surface area (Å²) in [7, 11) is 0. The Morgan fingerprint density at radius 2 is 2.14 bits per heavy atom. The van der Waals surface area contributed by atoms with Gasteiger partial charge in [0.05, 0.1) is 6.61 Å². The zero-order valence-corrected chi connectivity index (χ0v) is 13.4. The van der Waals surface area contributed by atoms with Gasteiger partial charge in [0.15, 0.2) is 0 Å². The Balaban J connectivity index is 1.35. The van der Waals surface area contributed by atoms with Crippen LogP contribution < -0.4 is 5.32 Å². The Morgan fingerprint density at radius 3 is 2.86 bits per heavy atom. The summed E-state index contributed by atoms with van der Waals surface area (Å²) < 4.78 is 0. The van der Waals surface area contributed by atoms with Crippen LogP contribution in [0.4, 0.5) is 5.82 Å². The number of thioether (sulfide) groups is 1. The monoisotopic (exact) mass is 318 g/mol. The minimum Gasteiger partial charge on any atom is -0.396 e. The van der Waals surface area contributed by atoms with Gasteiger partial charge in [-0.05, 0) is 60.6 Å². The molecule has 0 saturated heterocycles. The molecule has 0 aliphatic heterocycles. The lowest BCUT2D eigenvalue weighted by Crippen LogP contribution is -2.19. The molecular formula is C17H22N2O2S. The van der Waals surface area contributed by atoms with Gasteiger partial charge >= 0.3 is 0 Å². The van der Waals surface area contributed by atoms with E-state index in [1.165, 1.54) is 19.3 Å². The molecule has 2 bridgehead atoms. The zero-order valence-electron chi connectivity index (χ0n) is 12.6. The van der Waals surface area contributed by atoms with Crippen molar-refractivity contribution in [3.8, 4) is 0 Å². The molecule has 3 aliphatic carbocycles. The van der Waals surface area contributed by atoms with Crippen LogP contribution in [-0.4, -0.2) is 28.4 Å². The van der Waals surface area contributed by atoms with E-state index >= 15 is 0 Å². The second-order valence-electron chi connectivity index (χ2n) is 6.83. The molecule has 1 aromatic heterocycles. The highest BCUT2D eigenvalue weighted by molar-refractivity contribution is 7.98. The largest absolute Gasteiger partial charge is 0.396 e. The molecule has 4 nitrogen and oxygen atoms in total. The Labute approximate surface area is 135 Å². The van der Waals surface area contributed by atoms with Crippen molar-refractivity contribution in [3.63, 3.8) is 0 Å². The van der Waals surface area contributed by atoms with Crippen LogP contribution in [0.1, 0.15) is 24.8 Å². The second-order valence-corrected chi connectivity index (χ2v) is 7.93. The second kappa shape index (κ2) is 5.85. The number of carbonyl (C=O) groups is 1. The topological polar surface area (TPSA) is 62.2 Å². The molecule has 2 N–H and O–H groups in total. The molecule has 1 aromatic rings. The predicted octanol–water partition coefficient (Wildman–Crippen LogP) is 2.54. The summed E-state index contributed by atoms with van der Waals surface area (Å²) in [6, 6.07) is 3.92. The van der Waals surface area contributed by atoms with Crippen molar-refractivity contribution in [2.45, 2.75) is 25.0 Å². The van der Waals surface area contributed by atoms with Crippen LogP contribution in [0, 0.1) is 29.6 Å². The maximum absolute atomic E-state index is 12.5. The highest BCUT2D eigenvalue weighted by Crippen LogP contribution is 2.69. The fourth-order valence-electron chi connectivity index (χ4n) is 4.77. The van der Waals surface area contributed by atoms with Crippen LogP contribution in [0.15, 0.2) is 18.3 Å². The number of amides is 1.